The number of likely N-dealkylation sites (tertiary alicyclic amines) is 1. The van der Waals surface area contributed by atoms with E-state index in [9.17, 15) is 9.59 Å². The van der Waals surface area contributed by atoms with Crippen LogP contribution in [0.15, 0.2) is 30.3 Å². The van der Waals surface area contributed by atoms with Gasteiger partial charge in [-0.1, -0.05) is 30.3 Å². The monoisotopic (exact) mass is 262 g/mol. The number of imide groups is 1. The molecule has 0 aliphatic carbocycles. The summed E-state index contributed by atoms with van der Waals surface area (Å²) in [6.45, 7) is 3.12. The Balaban J connectivity index is 1.84. The summed E-state index contributed by atoms with van der Waals surface area (Å²) in [5, 5.41) is 2.62. The Hall–Kier alpha value is -1.88. The van der Waals surface area contributed by atoms with E-state index in [4.69, 9.17) is 4.74 Å². The molecule has 1 aliphatic heterocycles. The summed E-state index contributed by atoms with van der Waals surface area (Å²) in [6, 6.07) is 9.44. The molecule has 19 heavy (non-hydrogen) atoms. The number of carbonyl (C=O) groups is 2. The lowest BCUT2D eigenvalue weighted by atomic mass is 10.2. The van der Waals surface area contributed by atoms with Crippen molar-refractivity contribution < 1.29 is 14.3 Å². The van der Waals surface area contributed by atoms with Gasteiger partial charge in [0.25, 0.3) is 0 Å². The van der Waals surface area contributed by atoms with Gasteiger partial charge in [-0.3, -0.25) is 9.69 Å². The molecular weight excluding hydrogens is 244 g/mol. The molecule has 1 fully saturated rings. The molecule has 1 unspecified atom stereocenters. The Kier molecular flexibility index (Phi) is 4.52. The number of nitrogens with zero attached hydrogens (tertiary/aromatic N) is 1. The first-order chi connectivity index (χ1) is 9.20. The van der Waals surface area contributed by atoms with Gasteiger partial charge in [0.2, 0.25) is 5.91 Å². The molecule has 0 saturated carbocycles. The normalized spacial score (nSPS) is 18.7. The molecule has 1 N–H and O–H groups in total. The van der Waals surface area contributed by atoms with Crippen molar-refractivity contribution in [2.45, 2.75) is 26.1 Å². The van der Waals surface area contributed by atoms with E-state index in [1.165, 1.54) is 4.90 Å². The summed E-state index contributed by atoms with van der Waals surface area (Å²) in [7, 11) is 0. The fraction of sp³-hybridized carbons (Fsp3) is 0.429. The van der Waals surface area contributed by atoms with Gasteiger partial charge in [0, 0.05) is 6.54 Å². The van der Waals surface area contributed by atoms with Gasteiger partial charge < -0.3 is 10.1 Å². The van der Waals surface area contributed by atoms with Crippen molar-refractivity contribution in [1.29, 1.82) is 0 Å². The second-order valence-corrected chi connectivity index (χ2v) is 4.46. The number of amides is 3. The Morgan fingerprint density at radius 2 is 2.16 bits per heavy atom. The van der Waals surface area contributed by atoms with E-state index in [0.29, 0.717) is 19.7 Å². The van der Waals surface area contributed by atoms with Crippen LogP contribution in [0.3, 0.4) is 0 Å². The second kappa shape index (κ2) is 6.33. The van der Waals surface area contributed by atoms with E-state index in [1.54, 1.807) is 0 Å². The summed E-state index contributed by atoms with van der Waals surface area (Å²) in [6.07, 6.45) is 0.0552. The first-order valence-electron chi connectivity index (χ1n) is 6.44. The molecule has 1 aromatic carbocycles. The lowest BCUT2D eigenvalue weighted by molar-refractivity contribution is -0.125. The molecule has 1 aliphatic rings. The third kappa shape index (κ3) is 3.54. The average molecular weight is 262 g/mol. The van der Waals surface area contributed by atoms with E-state index < -0.39 is 0 Å². The van der Waals surface area contributed by atoms with Crippen LogP contribution in [0.2, 0.25) is 0 Å². The van der Waals surface area contributed by atoms with E-state index in [2.05, 4.69) is 5.32 Å². The van der Waals surface area contributed by atoms with Crippen molar-refractivity contribution in [2.24, 2.45) is 0 Å². The fourth-order valence-electron chi connectivity index (χ4n) is 2.02. The zero-order valence-electron chi connectivity index (χ0n) is 11.0. The third-order valence-corrected chi connectivity index (χ3v) is 2.99. The molecule has 3 amide bonds. The van der Waals surface area contributed by atoms with Crippen LogP contribution in [-0.2, 0) is 16.1 Å². The van der Waals surface area contributed by atoms with Gasteiger partial charge in [0.1, 0.15) is 0 Å². The van der Waals surface area contributed by atoms with Gasteiger partial charge in [-0.15, -0.1) is 0 Å². The van der Waals surface area contributed by atoms with Crippen molar-refractivity contribution in [3.63, 3.8) is 0 Å². The van der Waals surface area contributed by atoms with Gasteiger partial charge in [0.15, 0.2) is 0 Å². The number of nitrogens with one attached hydrogen (secondary N) is 1. The van der Waals surface area contributed by atoms with Crippen LogP contribution in [0.25, 0.3) is 0 Å². The molecule has 1 heterocycles. The number of carbonyl (C=O) groups excluding carboxylic acids is 2. The molecule has 5 heteroatoms. The standard InChI is InChI=1S/C14H18N2O3/c1-2-15-14(18)16-9-12(8-13(16)17)19-10-11-6-4-3-5-7-11/h3-7,12H,2,8-10H2,1H3,(H,15,18). The van der Waals surface area contributed by atoms with Gasteiger partial charge >= 0.3 is 6.03 Å². The first kappa shape index (κ1) is 13.5. The van der Waals surface area contributed by atoms with Gasteiger partial charge in [-0.2, -0.15) is 0 Å². The minimum atomic E-state index is -0.335. The van der Waals surface area contributed by atoms with E-state index in [-0.39, 0.29) is 24.5 Å². The van der Waals surface area contributed by atoms with Crippen molar-refractivity contribution in [3.8, 4) is 0 Å². The molecule has 1 saturated heterocycles. The average Bonchev–Trinajstić information content (AvgIpc) is 2.79. The van der Waals surface area contributed by atoms with E-state index in [0.717, 1.165) is 5.56 Å². The van der Waals surface area contributed by atoms with Crippen LogP contribution in [-0.4, -0.2) is 36.0 Å². The van der Waals surface area contributed by atoms with Crippen LogP contribution in [0.4, 0.5) is 4.79 Å². The first-order valence-corrected chi connectivity index (χ1v) is 6.44. The fourth-order valence-corrected chi connectivity index (χ4v) is 2.02. The predicted molar refractivity (Wildman–Crippen MR) is 70.4 cm³/mol. The second-order valence-electron chi connectivity index (χ2n) is 4.46. The number of ether oxygens (including phenoxy) is 1. The number of hydrogen-bond donors (Lipinski definition) is 1. The number of hydrogen-bond acceptors (Lipinski definition) is 3. The van der Waals surface area contributed by atoms with Crippen molar-refractivity contribution in [1.82, 2.24) is 10.2 Å². The summed E-state index contributed by atoms with van der Waals surface area (Å²) >= 11 is 0. The minimum absolute atomic E-state index is 0.177. The topological polar surface area (TPSA) is 58.6 Å². The molecule has 1 atom stereocenters. The van der Waals surface area contributed by atoms with Crippen LogP contribution < -0.4 is 5.32 Å². The Bertz CT molecular complexity index is 447. The largest absolute Gasteiger partial charge is 0.371 e. The summed E-state index contributed by atoms with van der Waals surface area (Å²) in [5.74, 6) is -0.177. The molecule has 5 nitrogen and oxygen atoms in total. The quantitative estimate of drug-likeness (QED) is 0.895. The van der Waals surface area contributed by atoms with Crippen molar-refractivity contribution in [3.05, 3.63) is 35.9 Å². The predicted octanol–water partition coefficient (Wildman–Crippen LogP) is 1.53. The highest BCUT2D eigenvalue weighted by Crippen LogP contribution is 2.16. The zero-order valence-corrected chi connectivity index (χ0v) is 11.0. The van der Waals surface area contributed by atoms with Gasteiger partial charge in [0.05, 0.1) is 25.7 Å². The lowest BCUT2D eigenvalue weighted by Gasteiger charge is -2.15. The zero-order chi connectivity index (χ0) is 13.7. The van der Waals surface area contributed by atoms with Crippen LogP contribution in [0.1, 0.15) is 18.9 Å². The highest BCUT2D eigenvalue weighted by molar-refractivity contribution is 5.96. The third-order valence-electron chi connectivity index (χ3n) is 2.99. The van der Waals surface area contributed by atoms with Gasteiger partial charge in [-0.05, 0) is 12.5 Å². The van der Waals surface area contributed by atoms with Crippen molar-refractivity contribution in [2.75, 3.05) is 13.1 Å². The van der Waals surface area contributed by atoms with Crippen LogP contribution >= 0.6 is 0 Å². The Morgan fingerprint density at radius 3 is 2.84 bits per heavy atom. The number of benzene rings is 1. The maximum Gasteiger partial charge on any atom is 0.324 e. The minimum Gasteiger partial charge on any atom is -0.371 e. The molecule has 2 rings (SSSR count). The molecule has 0 bridgehead atoms. The Morgan fingerprint density at radius 1 is 1.42 bits per heavy atom. The number of rotatable bonds is 4. The summed E-state index contributed by atoms with van der Waals surface area (Å²) in [5.41, 5.74) is 1.06. The molecular formula is C14H18N2O3. The van der Waals surface area contributed by atoms with E-state index >= 15 is 0 Å². The summed E-state index contributed by atoms with van der Waals surface area (Å²) in [4.78, 5) is 24.5. The maximum absolute atomic E-state index is 11.7. The molecule has 0 aromatic heterocycles. The SMILES string of the molecule is CCNC(=O)N1CC(OCc2ccccc2)CC1=O. The summed E-state index contributed by atoms with van der Waals surface area (Å²) < 4.78 is 5.68. The lowest BCUT2D eigenvalue weighted by Crippen LogP contribution is -2.41. The smallest absolute Gasteiger partial charge is 0.324 e. The molecule has 1 aromatic rings. The molecule has 0 spiro atoms. The number of urea groups is 1. The highest BCUT2D eigenvalue weighted by atomic mass is 16.5. The Labute approximate surface area is 112 Å². The van der Waals surface area contributed by atoms with Crippen LogP contribution in [0, 0.1) is 0 Å². The maximum atomic E-state index is 11.7. The van der Waals surface area contributed by atoms with Crippen molar-refractivity contribution >= 4 is 11.9 Å². The van der Waals surface area contributed by atoms with E-state index in [1.807, 2.05) is 37.3 Å². The van der Waals surface area contributed by atoms with Gasteiger partial charge in [-0.25, -0.2) is 4.79 Å². The molecule has 102 valence electrons. The molecule has 0 radical (unpaired) electrons. The highest BCUT2D eigenvalue weighted by Gasteiger charge is 2.34. The van der Waals surface area contributed by atoms with Crippen LogP contribution in [0.5, 0.6) is 0 Å².